The summed E-state index contributed by atoms with van der Waals surface area (Å²) in [5, 5.41) is 6.76. The van der Waals surface area contributed by atoms with Gasteiger partial charge in [0.15, 0.2) is 0 Å². The Morgan fingerprint density at radius 2 is 2.13 bits per heavy atom. The highest BCUT2D eigenvalue weighted by Gasteiger charge is 2.18. The maximum Gasteiger partial charge on any atom is 0.244 e. The van der Waals surface area contributed by atoms with E-state index in [0.717, 1.165) is 0 Å². The van der Waals surface area contributed by atoms with Gasteiger partial charge in [0, 0.05) is 20.1 Å². The molecular weight excluding hydrogens is 216 g/mol. The number of hydrogen-bond acceptors (Lipinski definition) is 4. The van der Waals surface area contributed by atoms with Crippen molar-refractivity contribution >= 4 is 10.0 Å². The van der Waals surface area contributed by atoms with Gasteiger partial charge in [-0.15, -0.1) is 0 Å². The Hall–Kier alpha value is -0.920. The van der Waals surface area contributed by atoms with E-state index < -0.39 is 10.0 Å². The van der Waals surface area contributed by atoms with E-state index in [2.05, 4.69) is 15.1 Å². The minimum absolute atomic E-state index is 0.237. The largest absolute Gasteiger partial charge is 0.318 e. The smallest absolute Gasteiger partial charge is 0.244 e. The summed E-state index contributed by atoms with van der Waals surface area (Å²) < 4.78 is 27.5. The molecule has 1 rings (SSSR count). The Morgan fingerprint density at radius 1 is 1.47 bits per heavy atom. The molecule has 0 unspecified atom stereocenters. The molecule has 1 aromatic rings. The average molecular weight is 232 g/mol. The van der Waals surface area contributed by atoms with Crippen molar-refractivity contribution in [2.75, 3.05) is 20.1 Å². The molecule has 2 N–H and O–H groups in total. The van der Waals surface area contributed by atoms with Gasteiger partial charge in [-0.25, -0.2) is 13.1 Å². The zero-order chi connectivity index (χ0) is 11.5. The third kappa shape index (κ3) is 2.77. The van der Waals surface area contributed by atoms with Crippen molar-refractivity contribution in [2.45, 2.75) is 11.8 Å². The van der Waals surface area contributed by atoms with Gasteiger partial charge in [0.2, 0.25) is 10.0 Å². The summed E-state index contributed by atoms with van der Waals surface area (Å²) >= 11 is 0. The fraction of sp³-hybridized carbons (Fsp3) is 0.625. The number of sulfonamides is 1. The van der Waals surface area contributed by atoms with Crippen LogP contribution < -0.4 is 10.0 Å². The molecule has 15 heavy (non-hydrogen) atoms. The first kappa shape index (κ1) is 12.2. The number of nitrogens with one attached hydrogen (secondary N) is 2. The Kier molecular flexibility index (Phi) is 3.83. The Balaban J connectivity index is 2.82. The molecule has 0 amide bonds. The summed E-state index contributed by atoms with van der Waals surface area (Å²) in [6, 6.07) is 0. The van der Waals surface area contributed by atoms with Crippen molar-refractivity contribution in [1.82, 2.24) is 19.8 Å². The van der Waals surface area contributed by atoms with Crippen LogP contribution in [0.25, 0.3) is 0 Å². The predicted octanol–water partition coefficient (Wildman–Crippen LogP) is -0.774. The molecule has 0 saturated heterocycles. The Labute approximate surface area is 89.7 Å². The van der Waals surface area contributed by atoms with Crippen LogP contribution in [0.15, 0.2) is 11.1 Å². The van der Waals surface area contributed by atoms with Crippen molar-refractivity contribution in [3.63, 3.8) is 0 Å². The lowest BCUT2D eigenvalue weighted by atomic mass is 10.5. The van der Waals surface area contributed by atoms with Gasteiger partial charge in [0.1, 0.15) is 4.90 Å². The molecule has 0 aliphatic carbocycles. The van der Waals surface area contributed by atoms with Crippen LogP contribution in [-0.2, 0) is 17.1 Å². The van der Waals surface area contributed by atoms with Crippen molar-refractivity contribution in [3.8, 4) is 0 Å². The van der Waals surface area contributed by atoms with Gasteiger partial charge in [-0.05, 0) is 14.0 Å². The third-order valence-corrected chi connectivity index (χ3v) is 3.71. The van der Waals surface area contributed by atoms with Crippen LogP contribution in [0.2, 0.25) is 0 Å². The van der Waals surface area contributed by atoms with Gasteiger partial charge in [0.05, 0.1) is 11.9 Å². The fourth-order valence-corrected chi connectivity index (χ4v) is 2.36. The molecule has 0 atom stereocenters. The van der Waals surface area contributed by atoms with E-state index in [0.29, 0.717) is 18.8 Å². The molecule has 0 saturated carbocycles. The van der Waals surface area contributed by atoms with Gasteiger partial charge < -0.3 is 5.32 Å². The molecule has 0 aliphatic heterocycles. The van der Waals surface area contributed by atoms with Gasteiger partial charge in [-0.1, -0.05) is 0 Å². The van der Waals surface area contributed by atoms with E-state index in [4.69, 9.17) is 0 Å². The number of nitrogens with zero attached hydrogens (tertiary/aromatic N) is 2. The molecule has 86 valence electrons. The number of rotatable bonds is 5. The fourth-order valence-electron chi connectivity index (χ4n) is 1.13. The first-order valence-corrected chi connectivity index (χ1v) is 6.10. The lowest BCUT2D eigenvalue weighted by Gasteiger charge is -2.05. The van der Waals surface area contributed by atoms with Crippen LogP contribution >= 0.6 is 0 Å². The van der Waals surface area contributed by atoms with Gasteiger partial charge in [-0.2, -0.15) is 5.10 Å². The van der Waals surface area contributed by atoms with Gasteiger partial charge in [0.25, 0.3) is 0 Å². The molecule has 1 heterocycles. The predicted molar refractivity (Wildman–Crippen MR) is 57.1 cm³/mol. The third-order valence-electron chi connectivity index (χ3n) is 2.15. The highest BCUT2D eigenvalue weighted by Crippen LogP contribution is 2.12. The maximum atomic E-state index is 11.7. The lowest BCUT2D eigenvalue weighted by Crippen LogP contribution is -2.30. The molecule has 0 aliphatic rings. The first-order valence-electron chi connectivity index (χ1n) is 4.62. The monoisotopic (exact) mass is 232 g/mol. The molecule has 0 fully saturated rings. The highest BCUT2D eigenvalue weighted by molar-refractivity contribution is 7.89. The average Bonchev–Trinajstić information content (AvgIpc) is 2.48. The van der Waals surface area contributed by atoms with Crippen LogP contribution in [-0.4, -0.2) is 38.3 Å². The van der Waals surface area contributed by atoms with Crippen molar-refractivity contribution < 1.29 is 8.42 Å². The summed E-state index contributed by atoms with van der Waals surface area (Å²) in [6.07, 6.45) is 1.36. The summed E-state index contributed by atoms with van der Waals surface area (Å²) in [5.74, 6) is 0. The second-order valence-electron chi connectivity index (χ2n) is 3.22. The number of likely N-dealkylation sites (N-methyl/N-ethyl adjacent to an activating group) is 1. The van der Waals surface area contributed by atoms with Crippen molar-refractivity contribution in [2.24, 2.45) is 7.05 Å². The topological polar surface area (TPSA) is 76.0 Å². The van der Waals surface area contributed by atoms with Gasteiger partial charge >= 0.3 is 0 Å². The van der Waals surface area contributed by atoms with E-state index in [1.165, 1.54) is 10.9 Å². The van der Waals surface area contributed by atoms with E-state index in [9.17, 15) is 8.42 Å². The van der Waals surface area contributed by atoms with Gasteiger partial charge in [-0.3, -0.25) is 4.68 Å². The Morgan fingerprint density at radius 3 is 2.60 bits per heavy atom. The number of aryl methyl sites for hydroxylation is 1. The lowest BCUT2D eigenvalue weighted by molar-refractivity contribution is 0.578. The molecule has 0 aromatic carbocycles. The summed E-state index contributed by atoms with van der Waals surface area (Å²) in [5.41, 5.74) is 0.631. The quantitative estimate of drug-likeness (QED) is 0.653. The normalized spacial score (nSPS) is 11.9. The second kappa shape index (κ2) is 4.73. The van der Waals surface area contributed by atoms with Crippen LogP contribution in [0.4, 0.5) is 0 Å². The summed E-state index contributed by atoms with van der Waals surface area (Å²) in [7, 11) is 0.0621. The molecule has 0 radical (unpaired) electrons. The Bertz CT molecular complexity index is 424. The van der Waals surface area contributed by atoms with Crippen LogP contribution in [0.5, 0.6) is 0 Å². The molecule has 0 bridgehead atoms. The number of aromatic nitrogens is 2. The minimum Gasteiger partial charge on any atom is -0.318 e. The highest BCUT2D eigenvalue weighted by atomic mass is 32.2. The summed E-state index contributed by atoms with van der Waals surface area (Å²) in [4.78, 5) is 0.237. The minimum atomic E-state index is -3.42. The van der Waals surface area contributed by atoms with Crippen molar-refractivity contribution in [3.05, 3.63) is 11.9 Å². The maximum absolute atomic E-state index is 11.7. The standard InChI is InChI=1S/C8H16N4O2S/c1-7-8(6-10-12(7)3)15(13,14)11-5-4-9-2/h6,9,11H,4-5H2,1-3H3. The van der Waals surface area contributed by atoms with E-state index >= 15 is 0 Å². The van der Waals surface area contributed by atoms with Crippen LogP contribution in [0.3, 0.4) is 0 Å². The summed E-state index contributed by atoms with van der Waals surface area (Å²) in [6.45, 7) is 2.69. The van der Waals surface area contributed by atoms with E-state index in [1.807, 2.05) is 0 Å². The van der Waals surface area contributed by atoms with E-state index in [-0.39, 0.29) is 4.90 Å². The zero-order valence-electron chi connectivity index (χ0n) is 9.11. The molecule has 7 heteroatoms. The first-order chi connectivity index (χ1) is 6.99. The van der Waals surface area contributed by atoms with Crippen LogP contribution in [0.1, 0.15) is 5.69 Å². The second-order valence-corrected chi connectivity index (χ2v) is 4.95. The number of hydrogen-bond donors (Lipinski definition) is 2. The molecular formula is C8H16N4O2S. The molecule has 0 spiro atoms. The van der Waals surface area contributed by atoms with E-state index in [1.54, 1.807) is 21.0 Å². The van der Waals surface area contributed by atoms with Crippen LogP contribution in [0, 0.1) is 6.92 Å². The zero-order valence-corrected chi connectivity index (χ0v) is 9.93. The van der Waals surface area contributed by atoms with Crippen molar-refractivity contribution in [1.29, 1.82) is 0 Å². The molecule has 1 aromatic heterocycles. The SMILES string of the molecule is CNCCNS(=O)(=O)c1cnn(C)c1C. The molecule has 6 nitrogen and oxygen atoms in total.